The minimum atomic E-state index is 0.171. The Morgan fingerprint density at radius 3 is 2.54 bits per heavy atom. The lowest BCUT2D eigenvalue weighted by atomic mass is 9.86. The molecule has 6 rings (SSSR count). The first-order chi connectivity index (χ1) is 18.0. The van der Waals surface area contributed by atoms with Gasteiger partial charge in [-0.2, -0.15) is 15.3 Å². The summed E-state index contributed by atoms with van der Waals surface area (Å²) in [5.74, 6) is 2.01. The monoisotopic (exact) mass is 499 g/mol. The first-order valence-electron chi connectivity index (χ1n) is 13.0. The van der Waals surface area contributed by atoms with Gasteiger partial charge in [-0.3, -0.25) is 9.58 Å². The average molecular weight is 500 g/mol. The van der Waals surface area contributed by atoms with Crippen molar-refractivity contribution in [1.82, 2.24) is 24.9 Å². The third kappa shape index (κ3) is 4.55. The molecule has 0 radical (unpaired) electrons. The minimum Gasteiger partial charge on any atom is -0.507 e. The molecule has 0 bridgehead atoms. The van der Waals surface area contributed by atoms with E-state index in [4.69, 9.17) is 9.47 Å². The summed E-state index contributed by atoms with van der Waals surface area (Å²) in [6.07, 6.45) is 4.27. The molecular formula is C29H33N5O3. The van der Waals surface area contributed by atoms with Gasteiger partial charge in [-0.15, -0.1) is 0 Å². The summed E-state index contributed by atoms with van der Waals surface area (Å²) in [6, 6.07) is 14.3. The quantitative estimate of drug-likeness (QED) is 0.414. The molecule has 2 fully saturated rings. The van der Waals surface area contributed by atoms with Crippen molar-refractivity contribution in [2.24, 2.45) is 13.0 Å². The van der Waals surface area contributed by atoms with Gasteiger partial charge in [-0.05, 0) is 73.2 Å². The van der Waals surface area contributed by atoms with E-state index in [2.05, 4.69) is 39.3 Å². The molecule has 1 atom stereocenters. The molecule has 2 aliphatic rings. The summed E-state index contributed by atoms with van der Waals surface area (Å²) in [5, 5.41) is 25.3. The van der Waals surface area contributed by atoms with Crippen molar-refractivity contribution in [3.8, 4) is 33.9 Å². The summed E-state index contributed by atoms with van der Waals surface area (Å²) in [5.41, 5.74) is 5.01. The molecule has 8 heteroatoms. The zero-order valence-corrected chi connectivity index (χ0v) is 21.6. The van der Waals surface area contributed by atoms with Crippen LogP contribution in [0.2, 0.25) is 0 Å². The van der Waals surface area contributed by atoms with E-state index in [9.17, 15) is 5.11 Å². The Kier molecular flexibility index (Phi) is 6.30. The fraction of sp³-hybridized carbons (Fsp3) is 0.414. The highest BCUT2D eigenvalue weighted by Gasteiger charge is 2.36. The molecule has 2 aromatic carbocycles. The van der Waals surface area contributed by atoms with E-state index < -0.39 is 0 Å². The number of methoxy groups -OCH3 is 1. The molecule has 192 valence electrons. The number of hydrogen-bond acceptors (Lipinski definition) is 7. The third-order valence-electron chi connectivity index (χ3n) is 8.05. The molecular weight excluding hydrogens is 466 g/mol. The van der Waals surface area contributed by atoms with E-state index in [1.54, 1.807) is 17.9 Å². The van der Waals surface area contributed by atoms with Gasteiger partial charge in [0.15, 0.2) is 0 Å². The van der Waals surface area contributed by atoms with Crippen LogP contribution in [0.1, 0.15) is 31.4 Å². The molecule has 37 heavy (non-hydrogen) atoms. The van der Waals surface area contributed by atoms with Crippen LogP contribution in [0.4, 0.5) is 0 Å². The Morgan fingerprint density at radius 1 is 1.03 bits per heavy atom. The molecule has 4 heterocycles. The fourth-order valence-corrected chi connectivity index (χ4v) is 5.71. The Hall–Kier alpha value is -3.49. The van der Waals surface area contributed by atoms with Crippen molar-refractivity contribution < 1.29 is 14.6 Å². The van der Waals surface area contributed by atoms with Gasteiger partial charge in [-0.25, -0.2) is 0 Å². The SMILES string of the molecule is COc1cc(-c2ccc(-c3ccc(C4CN(C(C)C5CCOCC5)C4)nn3)c(O)c2)cc2cn(C)nc12. The van der Waals surface area contributed by atoms with Crippen molar-refractivity contribution in [1.29, 1.82) is 0 Å². The van der Waals surface area contributed by atoms with Gasteiger partial charge in [0.05, 0.1) is 18.5 Å². The highest BCUT2D eigenvalue weighted by molar-refractivity contribution is 5.90. The second kappa shape index (κ2) is 9.76. The second-order valence-corrected chi connectivity index (χ2v) is 10.3. The predicted molar refractivity (Wildman–Crippen MR) is 143 cm³/mol. The molecule has 0 aliphatic carbocycles. The Balaban J connectivity index is 1.16. The number of rotatable bonds is 6. The number of aromatic nitrogens is 4. The summed E-state index contributed by atoms with van der Waals surface area (Å²) < 4.78 is 12.8. The van der Waals surface area contributed by atoms with Crippen LogP contribution >= 0.6 is 0 Å². The van der Waals surface area contributed by atoms with E-state index >= 15 is 0 Å². The van der Waals surface area contributed by atoms with Crippen molar-refractivity contribution in [3.63, 3.8) is 0 Å². The van der Waals surface area contributed by atoms with Crippen LogP contribution in [-0.2, 0) is 11.8 Å². The number of phenols is 1. The summed E-state index contributed by atoms with van der Waals surface area (Å²) in [7, 11) is 3.53. The molecule has 1 unspecified atom stereocenters. The van der Waals surface area contributed by atoms with Crippen LogP contribution in [0.15, 0.2) is 48.7 Å². The van der Waals surface area contributed by atoms with Crippen LogP contribution in [0.3, 0.4) is 0 Å². The molecule has 0 amide bonds. The van der Waals surface area contributed by atoms with E-state index in [0.29, 0.717) is 29.0 Å². The first kappa shape index (κ1) is 23.9. The lowest BCUT2D eigenvalue weighted by molar-refractivity contribution is 0.00435. The number of benzene rings is 2. The molecule has 0 spiro atoms. The molecule has 4 aromatic rings. The maximum absolute atomic E-state index is 10.9. The minimum absolute atomic E-state index is 0.171. The van der Waals surface area contributed by atoms with E-state index in [-0.39, 0.29) is 5.75 Å². The van der Waals surface area contributed by atoms with Gasteiger partial charge in [0.2, 0.25) is 0 Å². The second-order valence-electron chi connectivity index (χ2n) is 10.3. The number of aromatic hydroxyl groups is 1. The van der Waals surface area contributed by atoms with Crippen LogP contribution in [0.25, 0.3) is 33.3 Å². The van der Waals surface area contributed by atoms with Crippen LogP contribution in [0, 0.1) is 5.92 Å². The highest BCUT2D eigenvalue weighted by Crippen LogP contribution is 2.37. The van der Waals surface area contributed by atoms with Gasteiger partial charge in [0, 0.05) is 62.5 Å². The molecule has 2 aromatic heterocycles. The number of nitrogens with zero attached hydrogens (tertiary/aromatic N) is 5. The Labute approximate surface area is 216 Å². The van der Waals surface area contributed by atoms with Crippen molar-refractivity contribution >= 4 is 10.9 Å². The number of phenolic OH excluding ortho intramolecular Hbond substituents is 1. The van der Waals surface area contributed by atoms with Crippen molar-refractivity contribution in [2.75, 3.05) is 33.4 Å². The fourth-order valence-electron chi connectivity index (χ4n) is 5.71. The topological polar surface area (TPSA) is 85.5 Å². The smallest absolute Gasteiger partial charge is 0.147 e. The lowest BCUT2D eigenvalue weighted by Gasteiger charge is -2.46. The molecule has 0 saturated carbocycles. The van der Waals surface area contributed by atoms with Gasteiger partial charge in [-0.1, -0.05) is 6.07 Å². The number of likely N-dealkylation sites (tertiary alicyclic amines) is 1. The van der Waals surface area contributed by atoms with Crippen molar-refractivity contribution in [3.05, 3.63) is 54.4 Å². The van der Waals surface area contributed by atoms with Crippen molar-refractivity contribution in [2.45, 2.75) is 31.7 Å². The summed E-state index contributed by atoms with van der Waals surface area (Å²) in [4.78, 5) is 2.55. The predicted octanol–water partition coefficient (Wildman–Crippen LogP) is 4.63. The Bertz CT molecular complexity index is 1410. The lowest BCUT2D eigenvalue weighted by Crippen LogP contribution is -2.53. The summed E-state index contributed by atoms with van der Waals surface area (Å²) in [6.45, 7) is 6.18. The van der Waals surface area contributed by atoms with E-state index in [1.165, 1.54) is 0 Å². The largest absolute Gasteiger partial charge is 0.507 e. The zero-order valence-electron chi connectivity index (χ0n) is 21.6. The zero-order chi connectivity index (χ0) is 25.5. The summed E-state index contributed by atoms with van der Waals surface area (Å²) >= 11 is 0. The maximum Gasteiger partial charge on any atom is 0.147 e. The van der Waals surface area contributed by atoms with E-state index in [0.717, 1.165) is 72.8 Å². The number of hydrogen-bond donors (Lipinski definition) is 1. The molecule has 2 saturated heterocycles. The first-order valence-corrected chi connectivity index (χ1v) is 13.0. The molecule has 1 N–H and O–H groups in total. The molecule has 8 nitrogen and oxygen atoms in total. The highest BCUT2D eigenvalue weighted by atomic mass is 16.5. The van der Waals surface area contributed by atoms with Gasteiger partial charge in [0.1, 0.15) is 17.0 Å². The van der Waals surface area contributed by atoms with Crippen LogP contribution in [0.5, 0.6) is 11.5 Å². The number of fused-ring (bicyclic) bond motifs is 1. The van der Waals surface area contributed by atoms with Gasteiger partial charge in [0.25, 0.3) is 0 Å². The van der Waals surface area contributed by atoms with Crippen LogP contribution < -0.4 is 4.74 Å². The Morgan fingerprint density at radius 2 is 1.84 bits per heavy atom. The van der Waals surface area contributed by atoms with E-state index in [1.807, 2.05) is 37.5 Å². The third-order valence-corrected chi connectivity index (χ3v) is 8.05. The number of ether oxygens (including phenoxy) is 2. The molecule has 2 aliphatic heterocycles. The van der Waals surface area contributed by atoms with Gasteiger partial charge < -0.3 is 14.6 Å². The maximum atomic E-state index is 10.9. The normalized spacial score (nSPS) is 18.1. The average Bonchev–Trinajstić information content (AvgIpc) is 3.28. The number of aryl methyl sites for hydroxylation is 1. The standard InChI is InChI=1S/C29H33N5O3/c1-18(19-8-10-37-11-9-19)34-16-23(17-34)25-6-7-26(31-30-25)24-5-4-20(13-27(24)35)21-12-22-15-33(2)32-29(22)28(14-21)36-3/h4-7,12-15,18-19,23,35H,8-11,16-17H2,1-3H3. The van der Waals surface area contributed by atoms with Gasteiger partial charge >= 0.3 is 0 Å². The van der Waals surface area contributed by atoms with Crippen LogP contribution in [-0.4, -0.2) is 69.4 Å².